The van der Waals surface area contributed by atoms with Crippen LogP contribution in [0.4, 0.5) is 5.69 Å². The summed E-state index contributed by atoms with van der Waals surface area (Å²) in [6.45, 7) is 0. The minimum Gasteiger partial charge on any atom is -0.467 e. The van der Waals surface area contributed by atoms with Gasteiger partial charge in [0.15, 0.2) is 0 Å². The van der Waals surface area contributed by atoms with E-state index in [9.17, 15) is 4.79 Å². The molecule has 0 radical (unpaired) electrons. The lowest BCUT2D eigenvalue weighted by Crippen LogP contribution is -2.47. The molecule has 2 aromatic carbocycles. The first-order chi connectivity index (χ1) is 10.1. The van der Waals surface area contributed by atoms with E-state index >= 15 is 0 Å². The lowest BCUT2D eigenvalue weighted by Gasteiger charge is -2.27. The summed E-state index contributed by atoms with van der Waals surface area (Å²) in [5, 5.41) is 4.02. The molecule has 1 atom stereocenters. The summed E-state index contributed by atoms with van der Waals surface area (Å²) >= 11 is 6.05. The third-order valence-electron chi connectivity index (χ3n) is 3.86. The summed E-state index contributed by atoms with van der Waals surface area (Å²) in [6.07, 6.45) is 1.15. The first-order valence-electron chi connectivity index (χ1n) is 6.82. The number of ether oxygens (including phenoxy) is 1. The molecule has 0 spiro atoms. The van der Waals surface area contributed by atoms with Gasteiger partial charge in [0.05, 0.1) is 7.11 Å². The number of hydrogen-bond acceptors (Lipinski definition) is 3. The van der Waals surface area contributed by atoms with E-state index in [-0.39, 0.29) is 5.97 Å². The van der Waals surface area contributed by atoms with Crippen LogP contribution < -0.4 is 5.32 Å². The molecule has 1 heterocycles. The number of benzene rings is 2. The van der Waals surface area contributed by atoms with Crippen LogP contribution in [0.2, 0.25) is 5.02 Å². The van der Waals surface area contributed by atoms with Gasteiger partial charge in [0.2, 0.25) is 0 Å². The third-order valence-corrected chi connectivity index (χ3v) is 4.09. The Hall–Kier alpha value is -2.00. The summed E-state index contributed by atoms with van der Waals surface area (Å²) in [5.74, 6) is -0.251. The summed E-state index contributed by atoms with van der Waals surface area (Å²) in [6, 6.07) is 15.6. The van der Waals surface area contributed by atoms with Gasteiger partial charge in [-0.2, -0.15) is 0 Å². The predicted molar refractivity (Wildman–Crippen MR) is 83.7 cm³/mol. The van der Waals surface area contributed by atoms with Crippen molar-refractivity contribution in [2.24, 2.45) is 0 Å². The molecular weight excluding hydrogens is 286 g/mol. The maximum absolute atomic E-state index is 12.4. The zero-order valence-corrected chi connectivity index (χ0v) is 12.5. The van der Waals surface area contributed by atoms with Crippen molar-refractivity contribution in [3.8, 4) is 0 Å². The fourth-order valence-corrected chi connectivity index (χ4v) is 3.09. The highest BCUT2D eigenvalue weighted by Gasteiger charge is 2.44. The first kappa shape index (κ1) is 14.0. The number of nitrogens with one attached hydrogen (secondary N) is 1. The van der Waals surface area contributed by atoms with Gasteiger partial charge in [-0.05, 0) is 29.3 Å². The van der Waals surface area contributed by atoms with Crippen LogP contribution >= 0.6 is 11.6 Å². The van der Waals surface area contributed by atoms with E-state index in [1.807, 2.05) is 48.5 Å². The number of anilines is 1. The Balaban J connectivity index is 1.96. The van der Waals surface area contributed by atoms with Gasteiger partial charge in [-0.15, -0.1) is 0 Å². The van der Waals surface area contributed by atoms with E-state index in [1.54, 1.807) is 0 Å². The second-order valence-corrected chi connectivity index (χ2v) is 5.78. The highest BCUT2D eigenvalue weighted by Crippen LogP contribution is 2.37. The smallest absolute Gasteiger partial charge is 0.332 e. The van der Waals surface area contributed by atoms with Crippen molar-refractivity contribution in [1.29, 1.82) is 0 Å². The van der Waals surface area contributed by atoms with Gasteiger partial charge < -0.3 is 10.1 Å². The molecule has 0 amide bonds. The molecule has 3 nitrogen and oxygen atoms in total. The Morgan fingerprint density at radius 2 is 2.05 bits per heavy atom. The standard InChI is InChI=1S/C17H16ClNO2/c1-21-16(20)17(10-12-5-3-2-4-6-12)11-13-9-14(18)7-8-15(13)19-17/h2-9,19H,10-11H2,1H3/t17-/m1/s1. The molecule has 0 unspecified atom stereocenters. The lowest BCUT2D eigenvalue weighted by atomic mass is 9.88. The van der Waals surface area contributed by atoms with E-state index in [2.05, 4.69) is 5.32 Å². The largest absolute Gasteiger partial charge is 0.467 e. The van der Waals surface area contributed by atoms with E-state index in [0.29, 0.717) is 17.9 Å². The van der Waals surface area contributed by atoms with Crippen LogP contribution in [0.25, 0.3) is 0 Å². The number of fused-ring (bicyclic) bond motifs is 1. The van der Waals surface area contributed by atoms with Crippen molar-refractivity contribution in [3.63, 3.8) is 0 Å². The van der Waals surface area contributed by atoms with Crippen LogP contribution in [0, 0.1) is 0 Å². The number of rotatable bonds is 3. The molecule has 1 N–H and O–H groups in total. The number of carbonyl (C=O) groups excluding carboxylic acids is 1. The highest BCUT2D eigenvalue weighted by molar-refractivity contribution is 6.30. The van der Waals surface area contributed by atoms with Crippen molar-refractivity contribution in [3.05, 3.63) is 64.7 Å². The monoisotopic (exact) mass is 301 g/mol. The minimum atomic E-state index is -0.761. The van der Waals surface area contributed by atoms with E-state index in [1.165, 1.54) is 7.11 Å². The van der Waals surface area contributed by atoms with Gasteiger partial charge in [0.1, 0.15) is 5.54 Å². The summed E-state index contributed by atoms with van der Waals surface area (Å²) in [5.41, 5.74) is 2.32. The molecule has 108 valence electrons. The van der Waals surface area contributed by atoms with E-state index < -0.39 is 5.54 Å². The molecule has 1 aliphatic rings. The van der Waals surface area contributed by atoms with Crippen LogP contribution in [-0.2, 0) is 22.4 Å². The van der Waals surface area contributed by atoms with Crippen LogP contribution in [0.5, 0.6) is 0 Å². The van der Waals surface area contributed by atoms with E-state index in [4.69, 9.17) is 16.3 Å². The molecule has 0 saturated heterocycles. The van der Waals surface area contributed by atoms with E-state index in [0.717, 1.165) is 16.8 Å². The van der Waals surface area contributed by atoms with Crippen molar-refractivity contribution in [2.75, 3.05) is 12.4 Å². The quantitative estimate of drug-likeness (QED) is 0.882. The second kappa shape index (κ2) is 5.41. The van der Waals surface area contributed by atoms with Crippen molar-refractivity contribution in [1.82, 2.24) is 0 Å². The fraction of sp³-hybridized carbons (Fsp3) is 0.235. The van der Waals surface area contributed by atoms with Crippen LogP contribution in [0.1, 0.15) is 11.1 Å². The molecule has 0 fully saturated rings. The van der Waals surface area contributed by atoms with Gasteiger partial charge in [0.25, 0.3) is 0 Å². The number of esters is 1. The molecule has 0 saturated carbocycles. The van der Waals surface area contributed by atoms with Crippen LogP contribution in [0.15, 0.2) is 48.5 Å². The van der Waals surface area contributed by atoms with Gasteiger partial charge >= 0.3 is 5.97 Å². The predicted octanol–water partition coefficient (Wildman–Crippen LogP) is 3.46. The Morgan fingerprint density at radius 1 is 1.29 bits per heavy atom. The third kappa shape index (κ3) is 2.61. The SMILES string of the molecule is COC(=O)[C@@]1(Cc2ccccc2)Cc2cc(Cl)ccc2N1. The minimum absolute atomic E-state index is 0.251. The number of halogens is 1. The van der Waals surface area contributed by atoms with Crippen molar-refractivity contribution >= 4 is 23.3 Å². The topological polar surface area (TPSA) is 38.3 Å². The average Bonchev–Trinajstić information content (AvgIpc) is 2.85. The summed E-state index contributed by atoms with van der Waals surface area (Å²) in [4.78, 5) is 12.4. The maximum Gasteiger partial charge on any atom is 0.332 e. The van der Waals surface area contributed by atoms with Gasteiger partial charge in [-0.25, -0.2) is 4.79 Å². The van der Waals surface area contributed by atoms with Crippen LogP contribution in [0.3, 0.4) is 0 Å². The molecule has 4 heteroatoms. The Morgan fingerprint density at radius 3 is 2.76 bits per heavy atom. The lowest BCUT2D eigenvalue weighted by molar-refractivity contribution is -0.145. The maximum atomic E-state index is 12.4. The zero-order chi connectivity index (χ0) is 14.9. The average molecular weight is 302 g/mol. The van der Waals surface area contributed by atoms with Crippen LogP contribution in [-0.4, -0.2) is 18.6 Å². The Bertz CT molecular complexity index is 672. The summed E-state index contributed by atoms with van der Waals surface area (Å²) < 4.78 is 5.04. The number of carbonyl (C=O) groups is 1. The Labute approximate surface area is 128 Å². The van der Waals surface area contributed by atoms with Gasteiger partial charge in [-0.3, -0.25) is 0 Å². The molecule has 0 aliphatic carbocycles. The molecular formula is C17H16ClNO2. The summed E-state index contributed by atoms with van der Waals surface area (Å²) in [7, 11) is 1.42. The van der Waals surface area contributed by atoms with Crippen molar-refractivity contribution in [2.45, 2.75) is 18.4 Å². The molecule has 2 aromatic rings. The normalized spacial score (nSPS) is 19.7. The molecule has 0 aromatic heterocycles. The number of methoxy groups -OCH3 is 1. The Kier molecular flexibility index (Phi) is 3.60. The molecule has 21 heavy (non-hydrogen) atoms. The highest BCUT2D eigenvalue weighted by atomic mass is 35.5. The molecule has 0 bridgehead atoms. The van der Waals surface area contributed by atoms with Gasteiger partial charge in [0, 0.05) is 23.6 Å². The molecule has 3 rings (SSSR count). The number of hydrogen-bond donors (Lipinski definition) is 1. The molecule has 1 aliphatic heterocycles. The first-order valence-corrected chi connectivity index (χ1v) is 7.20. The zero-order valence-electron chi connectivity index (χ0n) is 11.7. The second-order valence-electron chi connectivity index (χ2n) is 5.34. The fourth-order valence-electron chi connectivity index (χ4n) is 2.90. The van der Waals surface area contributed by atoms with Gasteiger partial charge in [-0.1, -0.05) is 41.9 Å². The van der Waals surface area contributed by atoms with Crippen molar-refractivity contribution < 1.29 is 9.53 Å².